The van der Waals surface area contributed by atoms with E-state index in [0.717, 1.165) is 11.1 Å². The van der Waals surface area contributed by atoms with Gasteiger partial charge in [0.25, 0.3) is 0 Å². The maximum Gasteiger partial charge on any atom is 0.201 e. The van der Waals surface area contributed by atoms with Crippen LogP contribution in [0.25, 0.3) is 0 Å². The Morgan fingerprint density at radius 1 is 1.21 bits per heavy atom. The lowest BCUT2D eigenvalue weighted by molar-refractivity contribution is 0.0821. The van der Waals surface area contributed by atoms with Crippen LogP contribution in [0.1, 0.15) is 35.4 Å². The highest BCUT2D eigenvalue weighted by Gasteiger charge is 2.36. The lowest BCUT2D eigenvalue weighted by Crippen LogP contribution is -2.16. The molecule has 19 heavy (non-hydrogen) atoms. The van der Waals surface area contributed by atoms with Gasteiger partial charge in [-0.3, -0.25) is 0 Å². The van der Waals surface area contributed by atoms with Gasteiger partial charge in [-0.1, -0.05) is 0 Å². The fraction of sp³-hybridized carbons (Fsp3) is 0.571. The predicted octanol–water partition coefficient (Wildman–Crippen LogP) is 1.67. The monoisotopic (exact) mass is 270 g/mol. The van der Waals surface area contributed by atoms with E-state index in [-0.39, 0.29) is 18.3 Å². The molecule has 1 heterocycles. The zero-order chi connectivity index (χ0) is 13.6. The minimum atomic E-state index is -0.880. The van der Waals surface area contributed by atoms with Crippen LogP contribution in [0, 0.1) is 11.6 Å². The highest BCUT2D eigenvalue weighted by atomic mass is 19.2. The first-order chi connectivity index (χ1) is 9.13. The Morgan fingerprint density at radius 2 is 2.00 bits per heavy atom. The number of benzene rings is 1. The van der Waals surface area contributed by atoms with E-state index in [0.29, 0.717) is 37.9 Å². The molecule has 0 aromatic heterocycles. The van der Waals surface area contributed by atoms with Gasteiger partial charge in [-0.2, -0.15) is 4.39 Å². The number of aliphatic hydroxyl groups is 2. The first-order valence-electron chi connectivity index (χ1n) is 6.57. The Balaban J connectivity index is 2.05. The summed E-state index contributed by atoms with van der Waals surface area (Å²) in [7, 11) is 0. The molecule has 1 aliphatic carbocycles. The highest BCUT2D eigenvalue weighted by Crippen LogP contribution is 2.46. The van der Waals surface area contributed by atoms with Gasteiger partial charge in [-0.05, 0) is 36.3 Å². The summed E-state index contributed by atoms with van der Waals surface area (Å²) in [4.78, 5) is 0. The van der Waals surface area contributed by atoms with Crippen LogP contribution >= 0.6 is 0 Å². The van der Waals surface area contributed by atoms with Crippen molar-refractivity contribution in [3.8, 4) is 5.75 Å². The third-order valence-corrected chi connectivity index (χ3v) is 4.10. The molecular weight excluding hydrogens is 254 g/mol. The summed E-state index contributed by atoms with van der Waals surface area (Å²) >= 11 is 0. The largest absolute Gasteiger partial charge is 0.490 e. The third-order valence-electron chi connectivity index (χ3n) is 4.10. The SMILES string of the molecule is OCC(O)CC1CCc2c(F)c(F)c3c(c21)CCO3. The molecule has 0 fully saturated rings. The van der Waals surface area contributed by atoms with Crippen LogP contribution in [0.4, 0.5) is 8.78 Å². The van der Waals surface area contributed by atoms with E-state index < -0.39 is 17.7 Å². The third kappa shape index (κ3) is 1.92. The van der Waals surface area contributed by atoms with Crippen molar-refractivity contribution in [1.29, 1.82) is 0 Å². The van der Waals surface area contributed by atoms with E-state index in [1.54, 1.807) is 0 Å². The lowest BCUT2D eigenvalue weighted by Gasteiger charge is -2.18. The first-order valence-corrected chi connectivity index (χ1v) is 6.57. The average Bonchev–Trinajstić information content (AvgIpc) is 3.02. The highest BCUT2D eigenvalue weighted by molar-refractivity contribution is 5.52. The summed E-state index contributed by atoms with van der Waals surface area (Å²) in [5.41, 5.74) is 1.98. The normalized spacial score (nSPS) is 22.0. The molecule has 3 nitrogen and oxygen atoms in total. The van der Waals surface area contributed by atoms with Crippen molar-refractivity contribution in [2.24, 2.45) is 0 Å². The molecule has 2 atom stereocenters. The summed E-state index contributed by atoms with van der Waals surface area (Å²) in [6.45, 7) is 0.0611. The molecule has 2 N–H and O–H groups in total. The van der Waals surface area contributed by atoms with E-state index in [1.807, 2.05) is 0 Å². The summed E-state index contributed by atoms with van der Waals surface area (Å²) in [6, 6.07) is 0. The van der Waals surface area contributed by atoms with E-state index >= 15 is 0 Å². The van der Waals surface area contributed by atoms with Crippen molar-refractivity contribution in [2.75, 3.05) is 13.2 Å². The van der Waals surface area contributed by atoms with Crippen LogP contribution < -0.4 is 4.74 Å². The van der Waals surface area contributed by atoms with Crippen LogP contribution in [0.2, 0.25) is 0 Å². The number of fused-ring (bicyclic) bond motifs is 3. The van der Waals surface area contributed by atoms with Gasteiger partial charge >= 0.3 is 0 Å². The van der Waals surface area contributed by atoms with E-state index in [4.69, 9.17) is 9.84 Å². The van der Waals surface area contributed by atoms with Crippen LogP contribution in [0.3, 0.4) is 0 Å². The molecule has 0 saturated heterocycles. The molecule has 0 bridgehead atoms. The molecule has 1 aliphatic heterocycles. The molecule has 5 heteroatoms. The average molecular weight is 270 g/mol. The number of rotatable bonds is 3. The van der Waals surface area contributed by atoms with Gasteiger partial charge in [0.05, 0.1) is 19.3 Å². The van der Waals surface area contributed by atoms with Gasteiger partial charge in [-0.25, -0.2) is 4.39 Å². The van der Waals surface area contributed by atoms with E-state index in [2.05, 4.69) is 0 Å². The standard InChI is InChI=1S/C14H16F2O3/c15-12-9-2-1-7(5-8(18)6-17)11(9)10-3-4-19-14(10)13(12)16/h7-8,17-18H,1-6H2. The van der Waals surface area contributed by atoms with Gasteiger partial charge in [0.15, 0.2) is 11.6 Å². The maximum absolute atomic E-state index is 14.0. The topological polar surface area (TPSA) is 49.7 Å². The van der Waals surface area contributed by atoms with Gasteiger partial charge in [0, 0.05) is 12.0 Å². The minimum absolute atomic E-state index is 0.0253. The Morgan fingerprint density at radius 3 is 2.74 bits per heavy atom. The number of ether oxygens (including phenoxy) is 1. The zero-order valence-corrected chi connectivity index (χ0v) is 10.5. The van der Waals surface area contributed by atoms with Gasteiger partial charge in [-0.15, -0.1) is 0 Å². The summed E-state index contributed by atoms with van der Waals surface area (Å²) in [5.74, 6) is -1.67. The van der Waals surface area contributed by atoms with Gasteiger partial charge in [0.2, 0.25) is 5.82 Å². The molecule has 0 radical (unpaired) electrons. The molecule has 0 amide bonds. The molecule has 2 aliphatic rings. The second-order valence-corrected chi connectivity index (χ2v) is 5.23. The molecule has 3 rings (SSSR count). The predicted molar refractivity (Wildman–Crippen MR) is 64.3 cm³/mol. The first kappa shape index (κ1) is 12.8. The van der Waals surface area contributed by atoms with Crippen LogP contribution in [-0.4, -0.2) is 29.5 Å². The van der Waals surface area contributed by atoms with Crippen molar-refractivity contribution in [1.82, 2.24) is 0 Å². The van der Waals surface area contributed by atoms with Gasteiger partial charge < -0.3 is 14.9 Å². The Bertz CT molecular complexity index is 516. The van der Waals surface area contributed by atoms with Crippen molar-refractivity contribution in [2.45, 2.75) is 37.7 Å². The van der Waals surface area contributed by atoms with Gasteiger partial charge in [0.1, 0.15) is 0 Å². The lowest BCUT2D eigenvalue weighted by atomic mass is 9.90. The summed E-state index contributed by atoms with van der Waals surface area (Å²) in [5, 5.41) is 18.5. The fourth-order valence-electron chi connectivity index (χ4n) is 3.28. The molecule has 104 valence electrons. The molecule has 1 aromatic carbocycles. The fourth-order valence-corrected chi connectivity index (χ4v) is 3.28. The van der Waals surface area contributed by atoms with Crippen molar-refractivity contribution >= 4 is 0 Å². The second kappa shape index (κ2) is 4.72. The number of hydrogen-bond donors (Lipinski definition) is 2. The number of aliphatic hydroxyl groups excluding tert-OH is 2. The van der Waals surface area contributed by atoms with Crippen molar-refractivity contribution < 1.29 is 23.7 Å². The summed E-state index contributed by atoms with van der Waals surface area (Å²) < 4.78 is 33.0. The minimum Gasteiger partial charge on any atom is -0.490 e. The maximum atomic E-state index is 14.0. The molecule has 0 spiro atoms. The Labute approximate surface area is 109 Å². The Hall–Kier alpha value is -1.20. The quantitative estimate of drug-likeness (QED) is 0.878. The van der Waals surface area contributed by atoms with Crippen LogP contribution in [0.15, 0.2) is 0 Å². The molecule has 1 aromatic rings. The van der Waals surface area contributed by atoms with Crippen molar-refractivity contribution in [3.05, 3.63) is 28.3 Å². The second-order valence-electron chi connectivity index (χ2n) is 5.23. The summed E-state index contributed by atoms with van der Waals surface area (Å²) in [6.07, 6.45) is 1.30. The van der Waals surface area contributed by atoms with Crippen LogP contribution in [-0.2, 0) is 12.8 Å². The smallest absolute Gasteiger partial charge is 0.201 e. The number of halogens is 2. The molecule has 2 unspecified atom stereocenters. The number of hydrogen-bond acceptors (Lipinski definition) is 3. The molecule has 0 saturated carbocycles. The van der Waals surface area contributed by atoms with Crippen LogP contribution in [0.5, 0.6) is 5.75 Å². The molecular formula is C14H16F2O3. The van der Waals surface area contributed by atoms with E-state index in [1.165, 1.54) is 0 Å². The zero-order valence-electron chi connectivity index (χ0n) is 10.5. The van der Waals surface area contributed by atoms with Crippen molar-refractivity contribution in [3.63, 3.8) is 0 Å². The Kier molecular flexibility index (Phi) is 3.19. The van der Waals surface area contributed by atoms with E-state index in [9.17, 15) is 13.9 Å².